The molecule has 17 heavy (non-hydrogen) atoms. The highest BCUT2D eigenvalue weighted by Crippen LogP contribution is 2.16. The van der Waals surface area contributed by atoms with E-state index in [-0.39, 0.29) is 5.54 Å². The number of hydrogen-bond acceptors (Lipinski definition) is 4. The number of thioether (sulfide) groups is 1. The van der Waals surface area contributed by atoms with Gasteiger partial charge < -0.3 is 5.32 Å². The normalized spacial score (nSPS) is 11.9. The summed E-state index contributed by atoms with van der Waals surface area (Å²) in [4.78, 5) is 8.98. The van der Waals surface area contributed by atoms with E-state index in [1.807, 2.05) is 13.8 Å². The monoisotopic (exact) mass is 253 g/mol. The molecule has 0 saturated heterocycles. The van der Waals surface area contributed by atoms with Gasteiger partial charge in [-0.05, 0) is 47.1 Å². The van der Waals surface area contributed by atoms with Crippen LogP contribution in [-0.2, 0) is 0 Å². The zero-order valence-corrected chi connectivity index (χ0v) is 12.5. The van der Waals surface area contributed by atoms with Gasteiger partial charge in [-0.1, -0.05) is 11.8 Å². The van der Waals surface area contributed by atoms with Gasteiger partial charge in [0.05, 0.1) is 0 Å². The summed E-state index contributed by atoms with van der Waals surface area (Å²) in [6, 6.07) is 0. The summed E-state index contributed by atoms with van der Waals surface area (Å²) in [5, 5.41) is 4.35. The van der Waals surface area contributed by atoms with Gasteiger partial charge in [0.25, 0.3) is 0 Å². The van der Waals surface area contributed by atoms with Crippen LogP contribution in [0.1, 0.15) is 37.7 Å². The second-order valence-corrected chi connectivity index (χ2v) is 6.39. The smallest absolute Gasteiger partial charge is 0.188 e. The average molecular weight is 253 g/mol. The lowest BCUT2D eigenvalue weighted by atomic mass is 10.1. The molecule has 1 aromatic rings. The minimum Gasteiger partial charge on any atom is -0.311 e. The molecule has 0 spiro atoms. The number of hydrogen-bond donors (Lipinski definition) is 1. The van der Waals surface area contributed by atoms with Crippen molar-refractivity contribution in [2.45, 2.75) is 52.2 Å². The third-order valence-electron chi connectivity index (χ3n) is 2.60. The second-order valence-electron chi connectivity index (χ2n) is 5.33. The molecule has 1 aromatic heterocycles. The van der Waals surface area contributed by atoms with Crippen LogP contribution in [0.15, 0.2) is 5.16 Å². The number of aryl methyl sites for hydroxylation is 2. The molecule has 1 heterocycles. The first kappa shape index (κ1) is 14.5. The molecule has 0 aliphatic heterocycles. The van der Waals surface area contributed by atoms with Crippen LogP contribution in [0.25, 0.3) is 0 Å². The van der Waals surface area contributed by atoms with Crippen LogP contribution in [-0.4, -0.2) is 27.8 Å². The first-order valence-electron chi connectivity index (χ1n) is 5.99. The third-order valence-corrected chi connectivity index (χ3v) is 3.45. The molecule has 1 N–H and O–H groups in total. The molecule has 4 heteroatoms. The van der Waals surface area contributed by atoms with Gasteiger partial charge in [0.15, 0.2) is 5.16 Å². The first-order chi connectivity index (χ1) is 7.79. The van der Waals surface area contributed by atoms with E-state index in [0.29, 0.717) is 0 Å². The Kier molecular flexibility index (Phi) is 4.95. The maximum absolute atomic E-state index is 4.49. The van der Waals surface area contributed by atoms with Crippen LogP contribution < -0.4 is 5.32 Å². The first-order valence-corrected chi connectivity index (χ1v) is 6.98. The fourth-order valence-electron chi connectivity index (χ4n) is 1.37. The Bertz CT molecular complexity index is 360. The van der Waals surface area contributed by atoms with Gasteiger partial charge in [-0.25, -0.2) is 9.97 Å². The Morgan fingerprint density at radius 1 is 1.06 bits per heavy atom. The molecule has 0 amide bonds. The minimum absolute atomic E-state index is 0.181. The van der Waals surface area contributed by atoms with Crippen molar-refractivity contribution in [1.82, 2.24) is 15.3 Å². The summed E-state index contributed by atoms with van der Waals surface area (Å²) in [5.41, 5.74) is 3.55. The molecule has 0 bridgehead atoms. The van der Waals surface area contributed by atoms with E-state index in [4.69, 9.17) is 0 Å². The van der Waals surface area contributed by atoms with Gasteiger partial charge in [-0.2, -0.15) is 0 Å². The van der Waals surface area contributed by atoms with Crippen molar-refractivity contribution in [3.05, 3.63) is 17.0 Å². The molecule has 0 unspecified atom stereocenters. The molecule has 0 saturated carbocycles. The Morgan fingerprint density at radius 3 is 2.06 bits per heavy atom. The van der Waals surface area contributed by atoms with Gasteiger partial charge in [-0.15, -0.1) is 0 Å². The second kappa shape index (κ2) is 5.83. The van der Waals surface area contributed by atoms with Crippen molar-refractivity contribution in [3.63, 3.8) is 0 Å². The van der Waals surface area contributed by atoms with Crippen molar-refractivity contribution in [3.8, 4) is 0 Å². The van der Waals surface area contributed by atoms with E-state index in [1.165, 1.54) is 5.56 Å². The van der Waals surface area contributed by atoms with E-state index in [1.54, 1.807) is 11.8 Å². The van der Waals surface area contributed by atoms with Crippen molar-refractivity contribution >= 4 is 11.8 Å². The largest absolute Gasteiger partial charge is 0.311 e. The highest BCUT2D eigenvalue weighted by molar-refractivity contribution is 7.99. The highest BCUT2D eigenvalue weighted by Gasteiger charge is 2.08. The minimum atomic E-state index is 0.181. The van der Waals surface area contributed by atoms with E-state index < -0.39 is 0 Å². The molecule has 3 nitrogen and oxygen atoms in total. The zero-order chi connectivity index (χ0) is 13.1. The standard InChI is InChI=1S/C13H23N3S/c1-9-10(2)15-12(16-11(9)3)17-8-7-14-13(4,5)6/h14H,7-8H2,1-6H3. The summed E-state index contributed by atoms with van der Waals surface area (Å²) < 4.78 is 0. The lowest BCUT2D eigenvalue weighted by Crippen LogP contribution is -2.37. The van der Waals surface area contributed by atoms with Crippen LogP contribution in [0.2, 0.25) is 0 Å². The molecule has 96 valence electrons. The molecule has 0 atom stereocenters. The molecule has 0 aliphatic carbocycles. The van der Waals surface area contributed by atoms with Crippen molar-refractivity contribution in [1.29, 1.82) is 0 Å². The molecule has 1 rings (SSSR count). The Labute approximate surface area is 109 Å². The van der Waals surface area contributed by atoms with Crippen LogP contribution in [0, 0.1) is 20.8 Å². The van der Waals surface area contributed by atoms with E-state index >= 15 is 0 Å². The van der Waals surface area contributed by atoms with Gasteiger partial charge in [0.1, 0.15) is 0 Å². The van der Waals surface area contributed by atoms with Crippen molar-refractivity contribution in [2.24, 2.45) is 0 Å². The fraction of sp³-hybridized carbons (Fsp3) is 0.692. The van der Waals surface area contributed by atoms with Crippen molar-refractivity contribution < 1.29 is 0 Å². The molecule has 0 fully saturated rings. The van der Waals surface area contributed by atoms with Gasteiger partial charge in [0, 0.05) is 29.2 Å². The van der Waals surface area contributed by atoms with Crippen molar-refractivity contribution in [2.75, 3.05) is 12.3 Å². The fourth-order valence-corrected chi connectivity index (χ4v) is 2.16. The molecule has 0 aliphatic rings. The van der Waals surface area contributed by atoms with Crippen LogP contribution in [0.4, 0.5) is 0 Å². The summed E-state index contributed by atoms with van der Waals surface area (Å²) >= 11 is 1.71. The molecular weight excluding hydrogens is 230 g/mol. The molecule has 0 radical (unpaired) electrons. The Balaban J connectivity index is 2.48. The number of rotatable bonds is 4. The third kappa shape index (κ3) is 5.04. The topological polar surface area (TPSA) is 37.8 Å². The lowest BCUT2D eigenvalue weighted by molar-refractivity contribution is 0.441. The summed E-state index contributed by atoms with van der Waals surface area (Å²) in [6.07, 6.45) is 0. The summed E-state index contributed by atoms with van der Waals surface area (Å²) in [7, 11) is 0. The lowest BCUT2D eigenvalue weighted by Gasteiger charge is -2.20. The number of nitrogens with one attached hydrogen (secondary N) is 1. The van der Waals surface area contributed by atoms with Gasteiger partial charge in [-0.3, -0.25) is 0 Å². The zero-order valence-electron chi connectivity index (χ0n) is 11.7. The summed E-state index contributed by atoms with van der Waals surface area (Å²) in [5.74, 6) is 0.999. The predicted molar refractivity (Wildman–Crippen MR) is 74.7 cm³/mol. The van der Waals surface area contributed by atoms with E-state index in [2.05, 4.69) is 43.0 Å². The van der Waals surface area contributed by atoms with Crippen LogP contribution in [0.3, 0.4) is 0 Å². The van der Waals surface area contributed by atoms with E-state index in [9.17, 15) is 0 Å². The average Bonchev–Trinajstić information content (AvgIpc) is 2.19. The SMILES string of the molecule is Cc1nc(SCCNC(C)(C)C)nc(C)c1C. The number of nitrogens with zero attached hydrogens (tertiary/aromatic N) is 2. The maximum atomic E-state index is 4.49. The maximum Gasteiger partial charge on any atom is 0.188 e. The van der Waals surface area contributed by atoms with Gasteiger partial charge >= 0.3 is 0 Å². The predicted octanol–water partition coefficient (Wildman–Crippen LogP) is 2.88. The van der Waals surface area contributed by atoms with Gasteiger partial charge in [0.2, 0.25) is 0 Å². The summed E-state index contributed by atoms with van der Waals surface area (Å²) in [6.45, 7) is 13.7. The Hall–Kier alpha value is -0.610. The van der Waals surface area contributed by atoms with Crippen LogP contribution in [0.5, 0.6) is 0 Å². The molecular formula is C13H23N3S. The van der Waals surface area contributed by atoms with Crippen LogP contribution >= 0.6 is 11.8 Å². The Morgan fingerprint density at radius 2 is 1.59 bits per heavy atom. The quantitative estimate of drug-likeness (QED) is 0.509. The molecule has 0 aromatic carbocycles. The number of aromatic nitrogens is 2. The highest BCUT2D eigenvalue weighted by atomic mass is 32.2. The van der Waals surface area contributed by atoms with E-state index in [0.717, 1.165) is 28.8 Å².